The Morgan fingerprint density at radius 1 is 1.16 bits per heavy atom. The maximum Gasteiger partial charge on any atom is 0.123 e. The number of halogens is 3. The zero-order valence-corrected chi connectivity index (χ0v) is 12.9. The third-order valence-electron chi connectivity index (χ3n) is 2.93. The summed E-state index contributed by atoms with van der Waals surface area (Å²) in [6.45, 7) is 2.86. The van der Waals surface area contributed by atoms with E-state index in [9.17, 15) is 4.39 Å². The third kappa shape index (κ3) is 3.28. The zero-order chi connectivity index (χ0) is 13.8. The molecule has 2 aromatic rings. The molecule has 0 spiro atoms. The van der Waals surface area contributed by atoms with Crippen LogP contribution in [0.15, 0.2) is 42.5 Å². The van der Waals surface area contributed by atoms with E-state index in [-0.39, 0.29) is 5.82 Å². The maximum absolute atomic E-state index is 13.0. The molecule has 0 saturated heterocycles. The highest BCUT2D eigenvalue weighted by Gasteiger charge is 2.11. The van der Waals surface area contributed by atoms with E-state index < -0.39 is 0 Å². The van der Waals surface area contributed by atoms with Gasteiger partial charge in [-0.15, -0.1) is 0 Å². The van der Waals surface area contributed by atoms with Crippen LogP contribution < -0.4 is 4.90 Å². The second-order valence-corrected chi connectivity index (χ2v) is 5.12. The maximum atomic E-state index is 13.0. The lowest BCUT2D eigenvalue weighted by atomic mass is 10.1. The quantitative estimate of drug-likeness (QED) is 0.660. The van der Waals surface area contributed by atoms with Crippen molar-refractivity contribution < 1.29 is 4.39 Å². The smallest absolute Gasteiger partial charge is 0.123 e. The van der Waals surface area contributed by atoms with Gasteiger partial charge in [-0.3, -0.25) is 0 Å². The van der Waals surface area contributed by atoms with Crippen molar-refractivity contribution in [1.29, 1.82) is 0 Å². The lowest BCUT2D eigenvalue weighted by Crippen LogP contribution is -2.17. The first-order valence-corrected chi connectivity index (χ1v) is 7.53. The van der Waals surface area contributed by atoms with Crippen LogP contribution in [0.25, 0.3) is 0 Å². The van der Waals surface area contributed by atoms with E-state index in [0.29, 0.717) is 5.02 Å². The van der Waals surface area contributed by atoms with Crippen LogP contribution >= 0.6 is 27.5 Å². The largest absolute Gasteiger partial charge is 0.342 e. The molecule has 0 fully saturated rings. The van der Waals surface area contributed by atoms with Crippen LogP contribution in [0, 0.1) is 5.82 Å². The van der Waals surface area contributed by atoms with Crippen molar-refractivity contribution in [2.75, 3.05) is 11.4 Å². The van der Waals surface area contributed by atoms with E-state index in [0.717, 1.165) is 28.8 Å². The minimum atomic E-state index is -0.225. The molecule has 19 heavy (non-hydrogen) atoms. The predicted molar refractivity (Wildman–Crippen MR) is 83.2 cm³/mol. The van der Waals surface area contributed by atoms with Gasteiger partial charge in [-0.1, -0.05) is 27.5 Å². The molecule has 1 nitrogen and oxygen atoms in total. The molecule has 0 aliphatic rings. The van der Waals surface area contributed by atoms with E-state index in [1.54, 1.807) is 12.1 Å². The average molecular weight is 343 g/mol. The van der Waals surface area contributed by atoms with Gasteiger partial charge in [0.25, 0.3) is 0 Å². The molecule has 0 radical (unpaired) electrons. The summed E-state index contributed by atoms with van der Waals surface area (Å²) in [5, 5.41) is 1.44. The van der Waals surface area contributed by atoms with Crippen molar-refractivity contribution in [2.24, 2.45) is 0 Å². The van der Waals surface area contributed by atoms with Crippen LogP contribution in [0.5, 0.6) is 0 Å². The number of anilines is 2. The molecule has 0 unspecified atom stereocenters. The topological polar surface area (TPSA) is 3.24 Å². The van der Waals surface area contributed by atoms with E-state index >= 15 is 0 Å². The lowest BCUT2D eigenvalue weighted by molar-refractivity contribution is 0.628. The van der Waals surface area contributed by atoms with Crippen LogP contribution in [-0.4, -0.2) is 6.54 Å². The number of alkyl halides is 1. The fourth-order valence-electron chi connectivity index (χ4n) is 2.04. The summed E-state index contributed by atoms with van der Waals surface area (Å²) in [5.74, 6) is -0.225. The van der Waals surface area contributed by atoms with Crippen molar-refractivity contribution in [3.05, 3.63) is 58.9 Å². The first-order chi connectivity index (χ1) is 9.15. The molecule has 0 N–H and O–H groups in total. The van der Waals surface area contributed by atoms with Gasteiger partial charge in [0, 0.05) is 28.3 Å². The van der Waals surface area contributed by atoms with Crippen molar-refractivity contribution >= 4 is 38.9 Å². The molecule has 2 aromatic carbocycles. The summed E-state index contributed by atoms with van der Waals surface area (Å²) in [6, 6.07) is 12.3. The molecule has 0 aliphatic heterocycles. The van der Waals surface area contributed by atoms with E-state index in [2.05, 4.69) is 27.8 Å². The minimum Gasteiger partial charge on any atom is -0.342 e. The van der Waals surface area contributed by atoms with Crippen molar-refractivity contribution in [2.45, 2.75) is 12.3 Å². The van der Waals surface area contributed by atoms with Gasteiger partial charge in [-0.25, -0.2) is 4.39 Å². The normalized spacial score (nSPS) is 10.5. The summed E-state index contributed by atoms with van der Waals surface area (Å²) in [7, 11) is 0. The Bertz CT molecular complexity index is 557. The molecule has 0 saturated carbocycles. The zero-order valence-electron chi connectivity index (χ0n) is 10.5. The molecule has 100 valence electrons. The summed E-state index contributed by atoms with van der Waals surface area (Å²) in [6.07, 6.45) is 0. The van der Waals surface area contributed by atoms with Gasteiger partial charge in [-0.05, 0) is 55.0 Å². The van der Waals surface area contributed by atoms with Crippen LogP contribution in [-0.2, 0) is 5.33 Å². The molecule has 0 heterocycles. The Morgan fingerprint density at radius 3 is 2.42 bits per heavy atom. The van der Waals surface area contributed by atoms with Crippen LogP contribution in [0.3, 0.4) is 0 Å². The van der Waals surface area contributed by atoms with Gasteiger partial charge < -0.3 is 4.90 Å². The monoisotopic (exact) mass is 341 g/mol. The van der Waals surface area contributed by atoms with E-state index in [1.807, 2.05) is 18.2 Å². The molecule has 0 atom stereocenters. The lowest BCUT2D eigenvalue weighted by Gasteiger charge is -2.25. The molecule has 2 rings (SSSR count). The standard InChI is InChI=1S/C15H14BrClFN/c1-2-19(14-6-4-13(18)5-7-14)15-8-3-12(17)9-11(15)10-16/h3-9H,2,10H2,1H3. The highest BCUT2D eigenvalue weighted by atomic mass is 79.9. The summed E-state index contributed by atoms with van der Waals surface area (Å²) in [4.78, 5) is 2.13. The fourth-order valence-corrected chi connectivity index (χ4v) is 2.68. The molecular weight excluding hydrogens is 329 g/mol. The Hall–Kier alpha value is -1.06. The van der Waals surface area contributed by atoms with Gasteiger partial charge in [0.15, 0.2) is 0 Å². The highest BCUT2D eigenvalue weighted by Crippen LogP contribution is 2.31. The Labute approximate surface area is 126 Å². The predicted octanol–water partition coefficient (Wildman–Crippen LogP) is 5.53. The minimum absolute atomic E-state index is 0.225. The molecule has 0 aliphatic carbocycles. The second-order valence-electron chi connectivity index (χ2n) is 4.13. The molecule has 0 amide bonds. The van der Waals surface area contributed by atoms with Gasteiger partial charge in [0.2, 0.25) is 0 Å². The second kappa shape index (κ2) is 6.40. The van der Waals surface area contributed by atoms with Crippen LogP contribution in [0.4, 0.5) is 15.8 Å². The summed E-state index contributed by atoms with van der Waals surface area (Å²) < 4.78 is 13.0. The average Bonchev–Trinajstić information content (AvgIpc) is 2.43. The summed E-state index contributed by atoms with van der Waals surface area (Å²) >= 11 is 9.50. The molecule has 0 aromatic heterocycles. The first-order valence-electron chi connectivity index (χ1n) is 6.03. The van der Waals surface area contributed by atoms with Gasteiger partial charge in [-0.2, -0.15) is 0 Å². The summed E-state index contributed by atoms with van der Waals surface area (Å²) in [5.41, 5.74) is 3.16. The van der Waals surface area contributed by atoms with E-state index in [1.165, 1.54) is 12.1 Å². The van der Waals surface area contributed by atoms with Gasteiger partial charge in [0.1, 0.15) is 5.82 Å². The number of rotatable bonds is 4. The van der Waals surface area contributed by atoms with Gasteiger partial charge in [0.05, 0.1) is 0 Å². The highest BCUT2D eigenvalue weighted by molar-refractivity contribution is 9.08. The Kier molecular flexibility index (Phi) is 4.83. The molecular formula is C15H14BrClFN. The van der Waals surface area contributed by atoms with E-state index in [4.69, 9.17) is 11.6 Å². The van der Waals surface area contributed by atoms with Gasteiger partial charge >= 0.3 is 0 Å². The SMILES string of the molecule is CCN(c1ccc(F)cc1)c1ccc(Cl)cc1CBr. The first kappa shape index (κ1) is 14.4. The van der Waals surface area contributed by atoms with Crippen molar-refractivity contribution in [1.82, 2.24) is 0 Å². The van der Waals surface area contributed by atoms with Crippen LogP contribution in [0.1, 0.15) is 12.5 Å². The fraction of sp³-hybridized carbons (Fsp3) is 0.200. The number of nitrogens with zero attached hydrogens (tertiary/aromatic N) is 1. The third-order valence-corrected chi connectivity index (χ3v) is 3.77. The molecule has 0 bridgehead atoms. The van der Waals surface area contributed by atoms with Crippen LogP contribution in [0.2, 0.25) is 5.02 Å². The number of hydrogen-bond donors (Lipinski definition) is 0. The molecule has 4 heteroatoms. The number of benzene rings is 2. The van der Waals surface area contributed by atoms with Crippen molar-refractivity contribution in [3.63, 3.8) is 0 Å². The Balaban J connectivity index is 2.44. The Morgan fingerprint density at radius 2 is 1.84 bits per heavy atom. The van der Waals surface area contributed by atoms with Crippen molar-refractivity contribution in [3.8, 4) is 0 Å². The number of hydrogen-bond acceptors (Lipinski definition) is 1.